The lowest BCUT2D eigenvalue weighted by Crippen LogP contribution is -2.37. The van der Waals surface area contributed by atoms with Crippen LogP contribution in [0.5, 0.6) is 0 Å². The highest BCUT2D eigenvalue weighted by Gasteiger charge is 2.12. The van der Waals surface area contributed by atoms with E-state index in [0.717, 1.165) is 16.6 Å². The SMILES string of the molecule is CNC(C)CNC(=O)c1cc2cc(C)ccc2nc1C. The molecule has 0 aliphatic carbocycles. The lowest BCUT2D eigenvalue weighted by Gasteiger charge is -2.13. The van der Waals surface area contributed by atoms with E-state index < -0.39 is 0 Å². The largest absolute Gasteiger partial charge is 0.350 e. The number of rotatable bonds is 4. The van der Waals surface area contributed by atoms with Gasteiger partial charge >= 0.3 is 0 Å². The van der Waals surface area contributed by atoms with Gasteiger partial charge in [0.2, 0.25) is 0 Å². The molecule has 0 radical (unpaired) electrons. The van der Waals surface area contributed by atoms with E-state index in [1.807, 2.05) is 46.0 Å². The molecule has 0 spiro atoms. The van der Waals surface area contributed by atoms with Gasteiger partial charge in [0.15, 0.2) is 0 Å². The molecule has 0 aliphatic rings. The molecule has 1 aromatic heterocycles. The average Bonchev–Trinajstić information content (AvgIpc) is 2.44. The summed E-state index contributed by atoms with van der Waals surface area (Å²) in [6.45, 7) is 6.53. The minimum absolute atomic E-state index is 0.0690. The molecule has 2 rings (SSSR count). The second kappa shape index (κ2) is 6.01. The van der Waals surface area contributed by atoms with E-state index in [4.69, 9.17) is 0 Å². The van der Waals surface area contributed by atoms with Crippen LogP contribution in [0, 0.1) is 13.8 Å². The number of benzene rings is 1. The Labute approximate surface area is 119 Å². The van der Waals surface area contributed by atoms with Gasteiger partial charge in [0.25, 0.3) is 5.91 Å². The number of likely N-dealkylation sites (N-methyl/N-ethyl adjacent to an activating group) is 1. The molecule has 0 saturated carbocycles. The van der Waals surface area contributed by atoms with Crippen molar-refractivity contribution < 1.29 is 4.79 Å². The third-order valence-corrected chi connectivity index (χ3v) is 3.47. The Balaban J connectivity index is 2.29. The molecule has 4 nitrogen and oxygen atoms in total. The molecule has 20 heavy (non-hydrogen) atoms. The maximum atomic E-state index is 12.2. The molecule has 2 aromatic rings. The molecular weight excluding hydrogens is 250 g/mol. The third-order valence-electron chi connectivity index (χ3n) is 3.47. The van der Waals surface area contributed by atoms with Crippen LogP contribution in [-0.4, -0.2) is 30.5 Å². The Morgan fingerprint density at radius 1 is 1.30 bits per heavy atom. The van der Waals surface area contributed by atoms with Crippen LogP contribution in [0.4, 0.5) is 0 Å². The Morgan fingerprint density at radius 3 is 2.75 bits per heavy atom. The maximum absolute atomic E-state index is 12.2. The van der Waals surface area contributed by atoms with E-state index in [1.165, 1.54) is 5.56 Å². The molecule has 106 valence electrons. The molecule has 0 bridgehead atoms. The van der Waals surface area contributed by atoms with Crippen LogP contribution < -0.4 is 10.6 Å². The van der Waals surface area contributed by atoms with Crippen LogP contribution in [0.15, 0.2) is 24.3 Å². The standard InChI is InChI=1S/C16H21N3O/c1-10-5-6-15-13(7-10)8-14(12(3)19-15)16(20)18-9-11(2)17-4/h5-8,11,17H,9H2,1-4H3,(H,18,20). The number of carbonyl (C=O) groups is 1. The van der Waals surface area contributed by atoms with E-state index in [9.17, 15) is 4.79 Å². The summed E-state index contributed by atoms with van der Waals surface area (Å²) in [7, 11) is 1.88. The van der Waals surface area contributed by atoms with Crippen molar-refractivity contribution in [2.24, 2.45) is 0 Å². The normalized spacial score (nSPS) is 12.4. The highest BCUT2D eigenvalue weighted by molar-refractivity contribution is 5.98. The zero-order chi connectivity index (χ0) is 14.7. The number of pyridine rings is 1. The van der Waals surface area contributed by atoms with Crippen LogP contribution in [-0.2, 0) is 0 Å². The van der Waals surface area contributed by atoms with Gasteiger partial charge in [-0.3, -0.25) is 9.78 Å². The van der Waals surface area contributed by atoms with Crippen LogP contribution in [0.2, 0.25) is 0 Å². The predicted molar refractivity (Wildman–Crippen MR) is 82.1 cm³/mol. The van der Waals surface area contributed by atoms with Gasteiger partial charge in [-0.05, 0) is 46.0 Å². The van der Waals surface area contributed by atoms with Gasteiger partial charge in [0.05, 0.1) is 16.8 Å². The highest BCUT2D eigenvalue weighted by atomic mass is 16.1. The minimum Gasteiger partial charge on any atom is -0.350 e. The number of nitrogens with zero attached hydrogens (tertiary/aromatic N) is 1. The fraction of sp³-hybridized carbons (Fsp3) is 0.375. The number of hydrogen-bond donors (Lipinski definition) is 2. The molecule has 0 aliphatic heterocycles. The summed E-state index contributed by atoms with van der Waals surface area (Å²) in [6, 6.07) is 8.24. The first-order chi connectivity index (χ1) is 9.51. The summed E-state index contributed by atoms with van der Waals surface area (Å²) >= 11 is 0. The van der Waals surface area contributed by atoms with Crippen molar-refractivity contribution >= 4 is 16.8 Å². The number of aromatic nitrogens is 1. The van der Waals surface area contributed by atoms with Gasteiger partial charge in [-0.25, -0.2) is 0 Å². The predicted octanol–water partition coefficient (Wildman–Crippen LogP) is 2.19. The van der Waals surface area contributed by atoms with E-state index in [2.05, 4.69) is 21.7 Å². The zero-order valence-corrected chi connectivity index (χ0v) is 12.4. The van der Waals surface area contributed by atoms with Crippen molar-refractivity contribution in [2.45, 2.75) is 26.8 Å². The van der Waals surface area contributed by atoms with Crippen LogP contribution in [0.25, 0.3) is 10.9 Å². The van der Waals surface area contributed by atoms with E-state index >= 15 is 0 Å². The second-order valence-corrected chi connectivity index (χ2v) is 5.22. The van der Waals surface area contributed by atoms with Gasteiger partial charge in [-0.2, -0.15) is 0 Å². The van der Waals surface area contributed by atoms with Gasteiger partial charge in [0, 0.05) is 18.0 Å². The first-order valence-electron chi connectivity index (χ1n) is 6.84. The first kappa shape index (κ1) is 14.5. The molecular formula is C16H21N3O. The number of fused-ring (bicyclic) bond motifs is 1. The topological polar surface area (TPSA) is 54.0 Å². The van der Waals surface area contributed by atoms with Crippen LogP contribution in [0.3, 0.4) is 0 Å². The van der Waals surface area contributed by atoms with E-state index in [1.54, 1.807) is 0 Å². The third kappa shape index (κ3) is 3.14. The van der Waals surface area contributed by atoms with Crippen molar-refractivity contribution in [1.82, 2.24) is 15.6 Å². The molecule has 1 amide bonds. The number of amides is 1. The summed E-state index contributed by atoms with van der Waals surface area (Å²) < 4.78 is 0. The average molecular weight is 271 g/mol. The molecule has 1 unspecified atom stereocenters. The van der Waals surface area contributed by atoms with Crippen molar-refractivity contribution in [3.63, 3.8) is 0 Å². The van der Waals surface area contributed by atoms with Crippen molar-refractivity contribution in [3.05, 3.63) is 41.1 Å². The Bertz CT molecular complexity index is 637. The highest BCUT2D eigenvalue weighted by Crippen LogP contribution is 2.18. The quantitative estimate of drug-likeness (QED) is 0.896. The number of aryl methyl sites for hydroxylation is 2. The summed E-state index contributed by atoms with van der Waals surface area (Å²) in [6.07, 6.45) is 0. The molecule has 2 N–H and O–H groups in total. The van der Waals surface area contributed by atoms with Gasteiger partial charge in [0.1, 0.15) is 0 Å². The fourth-order valence-electron chi connectivity index (χ4n) is 2.07. The fourth-order valence-corrected chi connectivity index (χ4v) is 2.07. The van der Waals surface area contributed by atoms with Gasteiger partial charge < -0.3 is 10.6 Å². The van der Waals surface area contributed by atoms with Gasteiger partial charge in [-0.15, -0.1) is 0 Å². The first-order valence-corrected chi connectivity index (χ1v) is 6.84. The molecule has 1 atom stereocenters. The molecule has 4 heteroatoms. The minimum atomic E-state index is -0.0690. The Morgan fingerprint density at radius 2 is 2.05 bits per heavy atom. The molecule has 1 heterocycles. The van der Waals surface area contributed by atoms with Crippen molar-refractivity contribution in [1.29, 1.82) is 0 Å². The summed E-state index contributed by atoms with van der Waals surface area (Å²) in [5.41, 5.74) is 3.49. The van der Waals surface area contributed by atoms with Crippen molar-refractivity contribution in [3.8, 4) is 0 Å². The molecule has 0 saturated heterocycles. The van der Waals surface area contributed by atoms with E-state index in [0.29, 0.717) is 12.1 Å². The summed E-state index contributed by atoms with van der Waals surface area (Å²) in [5.74, 6) is -0.0690. The van der Waals surface area contributed by atoms with Gasteiger partial charge in [-0.1, -0.05) is 11.6 Å². The smallest absolute Gasteiger partial charge is 0.253 e. The summed E-state index contributed by atoms with van der Waals surface area (Å²) in [4.78, 5) is 16.7. The number of hydrogen-bond acceptors (Lipinski definition) is 3. The molecule has 1 aromatic carbocycles. The lowest BCUT2D eigenvalue weighted by molar-refractivity contribution is 0.0949. The lowest BCUT2D eigenvalue weighted by atomic mass is 10.1. The number of nitrogens with one attached hydrogen (secondary N) is 2. The van der Waals surface area contributed by atoms with E-state index in [-0.39, 0.29) is 11.9 Å². The maximum Gasteiger partial charge on any atom is 0.253 e. The zero-order valence-electron chi connectivity index (χ0n) is 12.4. The monoisotopic (exact) mass is 271 g/mol. The molecule has 0 fully saturated rings. The van der Waals surface area contributed by atoms with Crippen LogP contribution in [0.1, 0.15) is 28.5 Å². The summed E-state index contributed by atoms with van der Waals surface area (Å²) in [5, 5.41) is 7.02. The Hall–Kier alpha value is -1.94. The van der Waals surface area contributed by atoms with Crippen LogP contribution >= 0.6 is 0 Å². The second-order valence-electron chi connectivity index (χ2n) is 5.22. The Kier molecular flexibility index (Phi) is 4.35. The van der Waals surface area contributed by atoms with Crippen molar-refractivity contribution in [2.75, 3.05) is 13.6 Å². The number of carbonyl (C=O) groups excluding carboxylic acids is 1.